The van der Waals surface area contributed by atoms with Gasteiger partial charge in [-0.15, -0.1) is 0 Å². The van der Waals surface area contributed by atoms with E-state index in [1.807, 2.05) is 37.4 Å². The molecule has 6 heteroatoms. The summed E-state index contributed by atoms with van der Waals surface area (Å²) in [7, 11) is 0. The van der Waals surface area contributed by atoms with Gasteiger partial charge in [-0.25, -0.2) is 4.98 Å². The average Bonchev–Trinajstić information content (AvgIpc) is 3.13. The fourth-order valence-electron chi connectivity index (χ4n) is 3.81. The van der Waals surface area contributed by atoms with Crippen molar-refractivity contribution in [1.29, 1.82) is 0 Å². The first kappa shape index (κ1) is 20.3. The highest BCUT2D eigenvalue weighted by atomic mass is 35.5. The van der Waals surface area contributed by atoms with Gasteiger partial charge in [-0.3, -0.25) is 4.90 Å². The van der Waals surface area contributed by atoms with Crippen LogP contribution in [0.25, 0.3) is 11.3 Å². The Morgan fingerprint density at radius 3 is 2.55 bits per heavy atom. The lowest BCUT2D eigenvalue weighted by Crippen LogP contribution is -2.35. The molecule has 0 atom stereocenters. The lowest BCUT2D eigenvalue weighted by atomic mass is 9.97. The molecule has 2 heterocycles. The van der Waals surface area contributed by atoms with Gasteiger partial charge in [0.1, 0.15) is 11.6 Å². The highest BCUT2D eigenvalue weighted by Crippen LogP contribution is 2.26. The lowest BCUT2D eigenvalue weighted by Gasteiger charge is -2.32. The fraction of sp³-hybridized carbons (Fsp3) is 0.348. The van der Waals surface area contributed by atoms with Crippen LogP contribution in [-0.2, 0) is 6.54 Å². The second kappa shape index (κ2) is 9.21. The normalized spacial score (nSPS) is 15.6. The van der Waals surface area contributed by atoms with Gasteiger partial charge in [-0.05, 0) is 74.7 Å². The molecule has 4 rings (SSSR count). The maximum absolute atomic E-state index is 6.12. The molecule has 0 amide bonds. The van der Waals surface area contributed by atoms with Crippen molar-refractivity contribution < 1.29 is 4.74 Å². The van der Waals surface area contributed by atoms with Crippen LogP contribution in [0, 0.1) is 12.8 Å². The first-order valence-electron chi connectivity index (χ1n) is 9.97. The van der Waals surface area contributed by atoms with Crippen molar-refractivity contribution in [2.45, 2.75) is 26.3 Å². The third-order valence-electron chi connectivity index (χ3n) is 5.37. The maximum Gasteiger partial charge on any atom is 0.119 e. The van der Waals surface area contributed by atoms with Crippen molar-refractivity contribution in [2.75, 3.05) is 19.7 Å². The Kier molecular flexibility index (Phi) is 6.43. The van der Waals surface area contributed by atoms with Crippen LogP contribution in [0.1, 0.15) is 24.2 Å². The Morgan fingerprint density at radius 2 is 1.86 bits per heavy atom. The molecule has 0 bridgehead atoms. The van der Waals surface area contributed by atoms with Gasteiger partial charge in [-0.1, -0.05) is 35.3 Å². The van der Waals surface area contributed by atoms with Crippen LogP contribution in [0.3, 0.4) is 0 Å². The largest absolute Gasteiger partial charge is 0.493 e. The predicted molar refractivity (Wildman–Crippen MR) is 119 cm³/mol. The molecule has 0 radical (unpaired) electrons. The van der Waals surface area contributed by atoms with Crippen LogP contribution >= 0.6 is 23.2 Å². The van der Waals surface area contributed by atoms with Gasteiger partial charge in [0.05, 0.1) is 18.5 Å². The third kappa shape index (κ3) is 5.53. The van der Waals surface area contributed by atoms with E-state index in [1.165, 1.54) is 5.56 Å². The number of ether oxygens (including phenoxy) is 1. The number of H-pyrrole nitrogens is 1. The lowest BCUT2D eigenvalue weighted by molar-refractivity contribution is 0.137. The van der Waals surface area contributed by atoms with Crippen LogP contribution in [0.2, 0.25) is 10.0 Å². The molecule has 3 aromatic rings. The number of rotatable bonds is 6. The summed E-state index contributed by atoms with van der Waals surface area (Å²) in [5, 5.41) is 1.40. The molecule has 0 saturated carbocycles. The molecular formula is C23H25Cl2N3O. The van der Waals surface area contributed by atoms with E-state index in [9.17, 15) is 0 Å². The average molecular weight is 430 g/mol. The number of hydrogen-bond donors (Lipinski definition) is 1. The summed E-state index contributed by atoms with van der Waals surface area (Å²) in [6, 6.07) is 14.0. The molecule has 0 aliphatic carbocycles. The number of hydrogen-bond acceptors (Lipinski definition) is 3. The van der Waals surface area contributed by atoms with Crippen LogP contribution in [0.4, 0.5) is 0 Å². The quantitative estimate of drug-likeness (QED) is 0.523. The molecule has 1 aliphatic rings. The maximum atomic E-state index is 6.12. The van der Waals surface area contributed by atoms with Gasteiger partial charge in [0, 0.05) is 22.2 Å². The van der Waals surface area contributed by atoms with Gasteiger partial charge in [0.2, 0.25) is 0 Å². The molecule has 29 heavy (non-hydrogen) atoms. The van der Waals surface area contributed by atoms with E-state index in [-0.39, 0.29) is 0 Å². The molecule has 1 N–H and O–H groups in total. The Labute approximate surface area is 181 Å². The number of aryl methyl sites for hydroxylation is 1. The van der Waals surface area contributed by atoms with Gasteiger partial charge in [0.25, 0.3) is 0 Å². The highest BCUT2D eigenvalue weighted by molar-refractivity contribution is 6.34. The van der Waals surface area contributed by atoms with Crippen molar-refractivity contribution in [3.63, 3.8) is 0 Å². The predicted octanol–water partition coefficient (Wildman–Crippen LogP) is 5.98. The number of halogens is 2. The minimum atomic E-state index is 0.576. The molecule has 152 valence electrons. The van der Waals surface area contributed by atoms with E-state index >= 15 is 0 Å². The molecule has 1 aromatic heterocycles. The van der Waals surface area contributed by atoms with Gasteiger partial charge in [0.15, 0.2) is 0 Å². The molecule has 0 spiro atoms. The number of benzene rings is 2. The van der Waals surface area contributed by atoms with Crippen LogP contribution in [0.5, 0.6) is 5.75 Å². The van der Waals surface area contributed by atoms with E-state index in [0.29, 0.717) is 16.0 Å². The molecule has 1 aliphatic heterocycles. The zero-order chi connectivity index (χ0) is 20.2. The number of nitrogens with one attached hydrogen (secondary N) is 1. The molecule has 4 nitrogen and oxygen atoms in total. The SMILES string of the molecule is Cc1ncc(-c2cccc(OCC3CCN(Cc4cc(Cl)cc(Cl)c4)CC3)c2)[nH]1. The zero-order valence-corrected chi connectivity index (χ0v) is 18.0. The highest BCUT2D eigenvalue weighted by Gasteiger charge is 2.20. The summed E-state index contributed by atoms with van der Waals surface area (Å²) in [6.45, 7) is 5.72. The summed E-state index contributed by atoms with van der Waals surface area (Å²) >= 11 is 12.2. The molecule has 1 fully saturated rings. The topological polar surface area (TPSA) is 41.1 Å². The fourth-order valence-corrected chi connectivity index (χ4v) is 4.38. The number of nitrogens with zero attached hydrogens (tertiary/aromatic N) is 2. The summed E-state index contributed by atoms with van der Waals surface area (Å²) in [4.78, 5) is 10.00. The second-order valence-corrected chi connectivity index (χ2v) is 8.59. The molecule has 0 unspecified atom stereocenters. The Morgan fingerprint density at radius 1 is 1.10 bits per heavy atom. The number of aromatic nitrogens is 2. The Hall–Kier alpha value is -2.01. The van der Waals surface area contributed by atoms with E-state index < -0.39 is 0 Å². The summed E-state index contributed by atoms with van der Waals surface area (Å²) in [6.07, 6.45) is 4.12. The standard InChI is InChI=1S/C23H25Cl2N3O/c1-16-26-13-23(27-16)19-3-2-4-22(11-19)29-15-17-5-7-28(8-6-17)14-18-9-20(24)12-21(25)10-18/h2-4,9-13,17H,5-8,14-15H2,1H3,(H,26,27). The van der Waals surface area contributed by atoms with Crippen molar-refractivity contribution in [3.05, 3.63) is 70.1 Å². The smallest absolute Gasteiger partial charge is 0.119 e. The molecule has 1 saturated heterocycles. The van der Waals surface area contributed by atoms with E-state index in [0.717, 1.165) is 61.9 Å². The van der Waals surface area contributed by atoms with Crippen LogP contribution in [0.15, 0.2) is 48.7 Å². The monoisotopic (exact) mass is 429 g/mol. The van der Waals surface area contributed by atoms with E-state index in [1.54, 1.807) is 6.07 Å². The molecule has 2 aromatic carbocycles. The molecular weight excluding hydrogens is 405 g/mol. The van der Waals surface area contributed by atoms with Crippen molar-refractivity contribution in [1.82, 2.24) is 14.9 Å². The zero-order valence-electron chi connectivity index (χ0n) is 16.5. The number of piperidine rings is 1. The number of likely N-dealkylation sites (tertiary alicyclic amines) is 1. The first-order valence-corrected chi connectivity index (χ1v) is 10.7. The number of aromatic amines is 1. The third-order valence-corrected chi connectivity index (χ3v) is 5.81. The van der Waals surface area contributed by atoms with Gasteiger partial charge >= 0.3 is 0 Å². The van der Waals surface area contributed by atoms with E-state index in [2.05, 4.69) is 27.0 Å². The first-order chi connectivity index (χ1) is 14.0. The van der Waals surface area contributed by atoms with Crippen molar-refractivity contribution >= 4 is 23.2 Å². The van der Waals surface area contributed by atoms with Gasteiger partial charge in [-0.2, -0.15) is 0 Å². The number of imidazole rings is 1. The van der Waals surface area contributed by atoms with Crippen LogP contribution in [-0.4, -0.2) is 34.6 Å². The Bertz CT molecular complexity index is 944. The summed E-state index contributed by atoms with van der Waals surface area (Å²) in [5.74, 6) is 2.40. The summed E-state index contributed by atoms with van der Waals surface area (Å²) in [5.41, 5.74) is 3.28. The minimum Gasteiger partial charge on any atom is -0.493 e. The van der Waals surface area contributed by atoms with Crippen molar-refractivity contribution in [3.8, 4) is 17.0 Å². The second-order valence-electron chi connectivity index (χ2n) is 7.72. The van der Waals surface area contributed by atoms with Gasteiger partial charge < -0.3 is 9.72 Å². The van der Waals surface area contributed by atoms with E-state index in [4.69, 9.17) is 27.9 Å². The Balaban J connectivity index is 1.27. The van der Waals surface area contributed by atoms with Crippen molar-refractivity contribution in [2.24, 2.45) is 5.92 Å². The summed E-state index contributed by atoms with van der Waals surface area (Å²) < 4.78 is 6.11. The van der Waals surface area contributed by atoms with Crippen LogP contribution < -0.4 is 4.74 Å². The minimum absolute atomic E-state index is 0.576.